The van der Waals surface area contributed by atoms with Crippen LogP contribution < -0.4 is 10.1 Å². The third kappa shape index (κ3) is 8.71. The number of sulfonamides is 1. The van der Waals surface area contributed by atoms with Gasteiger partial charge in [0.05, 0.1) is 19.9 Å². The van der Waals surface area contributed by atoms with Crippen LogP contribution in [-0.4, -0.2) is 61.9 Å². The van der Waals surface area contributed by atoms with Crippen molar-refractivity contribution in [2.24, 2.45) is 0 Å². The molecule has 0 bridgehead atoms. The lowest BCUT2D eigenvalue weighted by molar-refractivity contribution is -0.140. The van der Waals surface area contributed by atoms with Crippen LogP contribution in [0.2, 0.25) is 0 Å². The summed E-state index contributed by atoms with van der Waals surface area (Å²) in [6, 6.07) is 25.2. The molecule has 0 saturated carbocycles. The van der Waals surface area contributed by atoms with Gasteiger partial charge in [0.15, 0.2) is 0 Å². The van der Waals surface area contributed by atoms with Crippen LogP contribution in [0.4, 0.5) is 0 Å². The zero-order valence-corrected chi connectivity index (χ0v) is 22.9. The number of amides is 2. The van der Waals surface area contributed by atoms with E-state index < -0.39 is 22.0 Å². The quantitative estimate of drug-likeness (QED) is 0.361. The zero-order chi connectivity index (χ0) is 27.5. The van der Waals surface area contributed by atoms with Crippen molar-refractivity contribution in [3.05, 3.63) is 102 Å². The first-order valence-corrected chi connectivity index (χ1v) is 14.3. The molecule has 3 aromatic carbocycles. The third-order valence-corrected chi connectivity index (χ3v) is 7.41. The molecule has 0 spiro atoms. The Kier molecular flexibility index (Phi) is 10.4. The summed E-state index contributed by atoms with van der Waals surface area (Å²) in [5.74, 6) is 0.00153. The van der Waals surface area contributed by atoms with Crippen LogP contribution in [0.5, 0.6) is 5.75 Å². The van der Waals surface area contributed by atoms with E-state index in [1.807, 2.05) is 84.9 Å². The lowest BCUT2D eigenvalue weighted by Gasteiger charge is -2.31. The maximum atomic E-state index is 13.5. The molecule has 1 unspecified atom stereocenters. The molecule has 8 nitrogen and oxygen atoms in total. The van der Waals surface area contributed by atoms with Gasteiger partial charge in [0.1, 0.15) is 11.8 Å². The third-order valence-electron chi connectivity index (χ3n) is 6.22. The molecule has 0 aromatic heterocycles. The van der Waals surface area contributed by atoms with Crippen LogP contribution in [0.3, 0.4) is 0 Å². The summed E-state index contributed by atoms with van der Waals surface area (Å²) in [4.78, 5) is 28.0. The minimum absolute atomic E-state index is 0.0625. The molecule has 0 radical (unpaired) electrons. The van der Waals surface area contributed by atoms with Crippen LogP contribution in [0.1, 0.15) is 23.6 Å². The fourth-order valence-electron chi connectivity index (χ4n) is 3.95. The van der Waals surface area contributed by atoms with Gasteiger partial charge < -0.3 is 15.0 Å². The van der Waals surface area contributed by atoms with Gasteiger partial charge in [-0.2, -0.15) is 4.31 Å². The number of hydrogen-bond donors (Lipinski definition) is 1. The largest absolute Gasteiger partial charge is 0.497 e. The molecule has 38 heavy (non-hydrogen) atoms. The second-order valence-electron chi connectivity index (χ2n) is 9.09. The van der Waals surface area contributed by atoms with E-state index in [2.05, 4.69) is 5.32 Å². The van der Waals surface area contributed by atoms with Crippen molar-refractivity contribution in [2.45, 2.75) is 32.5 Å². The summed E-state index contributed by atoms with van der Waals surface area (Å²) < 4.78 is 31.4. The van der Waals surface area contributed by atoms with Crippen molar-refractivity contribution in [1.82, 2.24) is 14.5 Å². The second kappa shape index (κ2) is 13.7. The van der Waals surface area contributed by atoms with Crippen molar-refractivity contribution >= 4 is 21.8 Å². The van der Waals surface area contributed by atoms with Crippen LogP contribution in [0.15, 0.2) is 84.9 Å². The van der Waals surface area contributed by atoms with Gasteiger partial charge in [0, 0.05) is 19.6 Å². The molecule has 9 heteroatoms. The highest BCUT2D eigenvalue weighted by atomic mass is 32.2. The van der Waals surface area contributed by atoms with E-state index in [4.69, 9.17) is 4.74 Å². The summed E-state index contributed by atoms with van der Waals surface area (Å²) in [5.41, 5.74) is 2.65. The monoisotopic (exact) mass is 537 g/mol. The van der Waals surface area contributed by atoms with Gasteiger partial charge in [-0.3, -0.25) is 9.59 Å². The van der Waals surface area contributed by atoms with E-state index in [9.17, 15) is 18.0 Å². The van der Waals surface area contributed by atoms with E-state index in [1.165, 1.54) is 4.90 Å². The summed E-state index contributed by atoms with van der Waals surface area (Å²) in [6.45, 7) is 1.92. The van der Waals surface area contributed by atoms with Gasteiger partial charge in [-0.25, -0.2) is 8.42 Å². The van der Waals surface area contributed by atoms with Crippen molar-refractivity contribution in [1.29, 1.82) is 0 Å². The summed E-state index contributed by atoms with van der Waals surface area (Å²) >= 11 is 0. The molecule has 202 valence electrons. The number of rotatable bonds is 13. The molecule has 3 rings (SSSR count). The Morgan fingerprint density at radius 2 is 1.39 bits per heavy atom. The molecule has 0 saturated heterocycles. The minimum atomic E-state index is -3.68. The number of nitrogens with one attached hydrogen (secondary N) is 1. The molecule has 1 N–H and O–H groups in total. The van der Waals surface area contributed by atoms with E-state index in [1.54, 1.807) is 14.0 Å². The first-order valence-electron chi connectivity index (χ1n) is 12.4. The van der Waals surface area contributed by atoms with Crippen LogP contribution in [-0.2, 0) is 39.1 Å². The van der Waals surface area contributed by atoms with Crippen molar-refractivity contribution in [3.8, 4) is 5.75 Å². The minimum Gasteiger partial charge on any atom is -0.497 e. The first kappa shape index (κ1) is 28.9. The molecule has 0 heterocycles. The number of nitrogens with zero attached hydrogens (tertiary/aromatic N) is 2. The Hall–Kier alpha value is -3.69. The highest BCUT2D eigenvalue weighted by Gasteiger charge is 2.29. The normalized spacial score (nSPS) is 12.1. The van der Waals surface area contributed by atoms with Crippen molar-refractivity contribution in [3.63, 3.8) is 0 Å². The van der Waals surface area contributed by atoms with Crippen LogP contribution in [0.25, 0.3) is 0 Å². The average Bonchev–Trinajstić information content (AvgIpc) is 2.92. The second-order valence-corrected chi connectivity index (χ2v) is 11.1. The molecule has 3 aromatic rings. The van der Waals surface area contributed by atoms with Crippen molar-refractivity contribution < 1.29 is 22.7 Å². The summed E-state index contributed by atoms with van der Waals surface area (Å²) in [7, 11) is -2.08. The number of hydrogen-bond acceptors (Lipinski definition) is 5. The molecule has 2 amide bonds. The Bertz CT molecular complexity index is 1280. The summed E-state index contributed by atoms with van der Waals surface area (Å²) in [5, 5.41) is 2.91. The van der Waals surface area contributed by atoms with Gasteiger partial charge >= 0.3 is 0 Å². The highest BCUT2D eigenvalue weighted by Crippen LogP contribution is 2.14. The predicted octanol–water partition coefficient (Wildman–Crippen LogP) is 3.23. The number of carbonyl (C=O) groups excluding carboxylic acids is 2. The van der Waals surface area contributed by atoms with E-state index in [0.717, 1.165) is 33.0 Å². The van der Waals surface area contributed by atoms with E-state index >= 15 is 0 Å². The van der Waals surface area contributed by atoms with Crippen LogP contribution >= 0.6 is 0 Å². The lowest BCUT2D eigenvalue weighted by Crippen LogP contribution is -2.51. The Morgan fingerprint density at radius 3 is 1.92 bits per heavy atom. The van der Waals surface area contributed by atoms with Gasteiger partial charge in [0.2, 0.25) is 21.8 Å². The van der Waals surface area contributed by atoms with Gasteiger partial charge in [-0.05, 0) is 42.2 Å². The topological polar surface area (TPSA) is 96.0 Å². The molecule has 0 aliphatic rings. The SMILES string of the molecule is COc1ccc(CCNC(=O)C(C)N(Cc2ccccc2)C(=O)CN(Cc2ccccc2)S(C)(=O)=O)cc1. The summed E-state index contributed by atoms with van der Waals surface area (Å²) in [6.07, 6.45) is 1.70. The fourth-order valence-corrected chi connectivity index (χ4v) is 4.68. The lowest BCUT2D eigenvalue weighted by atomic mass is 10.1. The van der Waals surface area contributed by atoms with E-state index in [0.29, 0.717) is 13.0 Å². The molecular weight excluding hydrogens is 502 g/mol. The van der Waals surface area contributed by atoms with E-state index in [-0.39, 0.29) is 25.5 Å². The first-order chi connectivity index (χ1) is 18.2. The Labute approximate surface area is 225 Å². The standard InChI is InChI=1S/C29H35N3O5S/c1-23(29(34)30-19-18-24-14-16-27(37-2)17-15-24)32(21-26-12-8-5-9-13-26)28(33)22-31(38(3,35)36)20-25-10-6-4-7-11-25/h4-17,23H,18-22H2,1-3H3,(H,30,34). The van der Waals surface area contributed by atoms with Crippen molar-refractivity contribution in [2.75, 3.05) is 26.5 Å². The number of carbonyl (C=O) groups is 2. The van der Waals surface area contributed by atoms with Gasteiger partial charge in [-0.15, -0.1) is 0 Å². The number of methoxy groups -OCH3 is 1. The molecule has 1 atom stereocenters. The van der Waals surface area contributed by atoms with Gasteiger partial charge in [-0.1, -0.05) is 72.8 Å². The Balaban J connectivity index is 1.72. The average molecular weight is 538 g/mol. The van der Waals surface area contributed by atoms with Crippen LogP contribution in [0, 0.1) is 0 Å². The number of benzene rings is 3. The van der Waals surface area contributed by atoms with Gasteiger partial charge in [0.25, 0.3) is 0 Å². The maximum absolute atomic E-state index is 13.5. The predicted molar refractivity (Wildman–Crippen MR) is 148 cm³/mol. The smallest absolute Gasteiger partial charge is 0.242 e. The molecular formula is C29H35N3O5S. The number of ether oxygens (including phenoxy) is 1. The molecule has 0 fully saturated rings. The highest BCUT2D eigenvalue weighted by molar-refractivity contribution is 7.88. The fraction of sp³-hybridized carbons (Fsp3) is 0.310. The maximum Gasteiger partial charge on any atom is 0.242 e. The Morgan fingerprint density at radius 1 is 0.842 bits per heavy atom. The molecule has 0 aliphatic carbocycles. The molecule has 0 aliphatic heterocycles. The zero-order valence-electron chi connectivity index (χ0n) is 22.0.